The Labute approximate surface area is 230 Å². The first-order valence-corrected chi connectivity index (χ1v) is 13.7. The zero-order valence-corrected chi connectivity index (χ0v) is 22.5. The number of anilines is 1. The number of nitrogens with one attached hydrogen (secondary N) is 2. The van der Waals surface area contributed by atoms with Crippen molar-refractivity contribution in [3.8, 4) is 5.75 Å². The first-order valence-electron chi connectivity index (χ1n) is 12.3. The summed E-state index contributed by atoms with van der Waals surface area (Å²) in [6.07, 6.45) is -4.04. The van der Waals surface area contributed by atoms with Crippen LogP contribution in [0.3, 0.4) is 0 Å². The van der Waals surface area contributed by atoms with Gasteiger partial charge in [-0.05, 0) is 61.0 Å². The fourth-order valence-corrected chi connectivity index (χ4v) is 5.67. The maximum absolute atomic E-state index is 13.4. The van der Waals surface area contributed by atoms with Gasteiger partial charge in [-0.1, -0.05) is 48.0 Å². The quantitative estimate of drug-likeness (QED) is 0.263. The Balaban J connectivity index is 1.76. The topological polar surface area (TPSA) is 89.4 Å². The second kappa shape index (κ2) is 11.9. The summed E-state index contributed by atoms with van der Waals surface area (Å²) in [5.41, 5.74) is 2.22. The zero-order valence-electron chi connectivity index (χ0n) is 21.7. The van der Waals surface area contributed by atoms with Crippen LogP contribution in [-0.2, 0) is 21.2 Å². The van der Waals surface area contributed by atoms with Crippen molar-refractivity contribution in [3.63, 3.8) is 0 Å². The monoisotopic (exact) mass is 571 g/mol. The molecule has 0 aliphatic rings. The predicted molar refractivity (Wildman–Crippen MR) is 146 cm³/mol. The van der Waals surface area contributed by atoms with Gasteiger partial charge in [-0.3, -0.25) is 4.79 Å². The molecule has 1 amide bonds. The molecule has 0 saturated heterocycles. The van der Waals surface area contributed by atoms with E-state index in [9.17, 15) is 26.4 Å². The van der Waals surface area contributed by atoms with Gasteiger partial charge in [-0.25, -0.2) is 12.4 Å². The summed E-state index contributed by atoms with van der Waals surface area (Å²) in [6.45, 7) is 1.82. The Bertz CT molecular complexity index is 1540. The third-order valence-corrected chi connectivity index (χ3v) is 8.09. The third-order valence-electron chi connectivity index (χ3n) is 6.35. The van der Waals surface area contributed by atoms with E-state index in [0.29, 0.717) is 17.0 Å². The van der Waals surface area contributed by atoms with E-state index in [1.165, 1.54) is 37.6 Å². The molecule has 40 heavy (non-hydrogen) atoms. The smallest absolute Gasteiger partial charge is 0.471 e. The summed E-state index contributed by atoms with van der Waals surface area (Å²) < 4.78 is 73.4. The molecule has 210 valence electrons. The van der Waals surface area contributed by atoms with Crippen molar-refractivity contribution < 1.29 is 31.1 Å². The minimum Gasteiger partial charge on any atom is -0.497 e. The second-order valence-electron chi connectivity index (χ2n) is 9.16. The number of hydrogen-bond acceptors (Lipinski definition) is 5. The number of alkyl halides is 3. The molecule has 0 radical (unpaired) electrons. The lowest BCUT2D eigenvalue weighted by molar-refractivity contribution is -0.174. The van der Waals surface area contributed by atoms with Crippen LogP contribution in [0, 0.1) is 6.92 Å². The Hall–Kier alpha value is -4.25. The number of aromatic nitrogens is 1. The van der Waals surface area contributed by atoms with Gasteiger partial charge in [-0.15, -0.1) is 0 Å². The standard InChI is InChI=1S/C29H28F3N3O4S/c1-20-10-16-25(17-11-20)40(37,38)35-18-6-9-23(35)19-26(34-28(36)29(30,31)32)27(21-7-4-3-5-8-21)33-22-12-14-24(39-2)15-13-22/h3-18,26-27,33H,19H2,1-2H3,(H,34,36)/t26-,27+/m1/s1. The molecule has 4 aromatic rings. The van der Waals surface area contributed by atoms with Crippen LogP contribution < -0.4 is 15.4 Å². The van der Waals surface area contributed by atoms with Gasteiger partial charge in [0, 0.05) is 24.0 Å². The van der Waals surface area contributed by atoms with Crippen LogP contribution in [0.1, 0.15) is 22.9 Å². The van der Waals surface area contributed by atoms with Gasteiger partial charge in [0.25, 0.3) is 10.0 Å². The highest BCUT2D eigenvalue weighted by Gasteiger charge is 2.41. The number of methoxy groups -OCH3 is 1. The predicted octanol–water partition coefficient (Wildman–Crippen LogP) is 5.49. The number of rotatable bonds is 10. The van der Waals surface area contributed by atoms with Gasteiger partial charge in [0.1, 0.15) is 5.75 Å². The molecule has 1 aromatic heterocycles. The SMILES string of the molecule is COc1ccc(N[C@@H](c2ccccc2)[C@@H](Cc2cccn2S(=O)(=O)c2ccc(C)cc2)NC(=O)C(F)(F)F)cc1. The molecule has 0 spiro atoms. The van der Waals surface area contributed by atoms with Gasteiger partial charge in [0.2, 0.25) is 0 Å². The van der Waals surface area contributed by atoms with E-state index in [1.54, 1.807) is 66.7 Å². The van der Waals surface area contributed by atoms with Gasteiger partial charge in [0.15, 0.2) is 0 Å². The van der Waals surface area contributed by atoms with Crippen LogP contribution in [0.4, 0.5) is 18.9 Å². The molecule has 0 unspecified atom stereocenters. The van der Waals surface area contributed by atoms with Crippen LogP contribution in [-0.4, -0.2) is 37.6 Å². The number of carbonyl (C=O) groups excluding carboxylic acids is 1. The zero-order chi connectivity index (χ0) is 28.9. The van der Waals surface area contributed by atoms with E-state index in [4.69, 9.17) is 4.74 Å². The molecule has 0 aliphatic carbocycles. The average Bonchev–Trinajstić information content (AvgIpc) is 3.41. The lowest BCUT2D eigenvalue weighted by Crippen LogP contribution is -2.48. The second-order valence-corrected chi connectivity index (χ2v) is 11.0. The summed E-state index contributed by atoms with van der Waals surface area (Å²) in [6, 6.07) is 22.6. The van der Waals surface area contributed by atoms with E-state index in [0.717, 1.165) is 9.54 Å². The van der Waals surface area contributed by atoms with Crippen molar-refractivity contribution in [2.24, 2.45) is 0 Å². The number of halogens is 3. The van der Waals surface area contributed by atoms with E-state index in [-0.39, 0.29) is 17.0 Å². The molecule has 0 bridgehead atoms. The normalized spacial score (nSPS) is 13.3. The number of hydrogen-bond donors (Lipinski definition) is 2. The van der Waals surface area contributed by atoms with Crippen molar-refractivity contribution >= 4 is 21.6 Å². The third kappa shape index (κ3) is 6.66. The van der Waals surface area contributed by atoms with Crippen LogP contribution in [0.2, 0.25) is 0 Å². The first-order chi connectivity index (χ1) is 19.0. The van der Waals surface area contributed by atoms with Crippen molar-refractivity contribution in [2.45, 2.75) is 36.5 Å². The van der Waals surface area contributed by atoms with Crippen molar-refractivity contribution in [1.29, 1.82) is 0 Å². The largest absolute Gasteiger partial charge is 0.497 e. The molecule has 0 fully saturated rings. The summed E-state index contributed by atoms with van der Waals surface area (Å²) in [5.74, 6) is -1.54. The Kier molecular flexibility index (Phi) is 8.53. The summed E-state index contributed by atoms with van der Waals surface area (Å²) >= 11 is 0. The van der Waals surface area contributed by atoms with Crippen LogP contribution in [0.5, 0.6) is 5.75 Å². The lowest BCUT2D eigenvalue weighted by atomic mass is 9.95. The van der Waals surface area contributed by atoms with Gasteiger partial charge in [0.05, 0.1) is 24.1 Å². The number of amides is 1. The van der Waals surface area contributed by atoms with E-state index < -0.39 is 34.2 Å². The molecular formula is C29H28F3N3O4S. The Morgan fingerprint density at radius 2 is 1.57 bits per heavy atom. The Morgan fingerprint density at radius 1 is 0.925 bits per heavy atom. The molecule has 11 heteroatoms. The fourth-order valence-electron chi connectivity index (χ4n) is 4.29. The number of carbonyl (C=O) groups is 1. The highest BCUT2D eigenvalue weighted by atomic mass is 32.2. The number of ether oxygens (including phenoxy) is 1. The number of benzene rings is 3. The molecular weight excluding hydrogens is 543 g/mol. The molecule has 7 nitrogen and oxygen atoms in total. The average molecular weight is 572 g/mol. The fraction of sp³-hybridized carbons (Fsp3) is 0.207. The number of aryl methyl sites for hydroxylation is 1. The molecule has 2 atom stereocenters. The van der Waals surface area contributed by atoms with Gasteiger partial charge >= 0.3 is 12.1 Å². The maximum atomic E-state index is 13.4. The first kappa shape index (κ1) is 28.8. The van der Waals surface area contributed by atoms with Crippen LogP contribution in [0.25, 0.3) is 0 Å². The van der Waals surface area contributed by atoms with Crippen LogP contribution in [0.15, 0.2) is 102 Å². The summed E-state index contributed by atoms with van der Waals surface area (Å²) in [5, 5.41) is 5.32. The summed E-state index contributed by atoms with van der Waals surface area (Å²) in [4.78, 5) is 12.2. The lowest BCUT2D eigenvalue weighted by Gasteiger charge is -2.31. The van der Waals surface area contributed by atoms with E-state index in [1.807, 2.05) is 6.92 Å². The van der Waals surface area contributed by atoms with Crippen molar-refractivity contribution in [1.82, 2.24) is 9.29 Å². The molecule has 1 heterocycles. The van der Waals surface area contributed by atoms with E-state index >= 15 is 0 Å². The maximum Gasteiger partial charge on any atom is 0.471 e. The van der Waals surface area contributed by atoms with E-state index in [2.05, 4.69) is 10.6 Å². The Morgan fingerprint density at radius 3 is 2.17 bits per heavy atom. The molecule has 4 rings (SSSR count). The molecule has 2 N–H and O–H groups in total. The highest BCUT2D eigenvalue weighted by Crippen LogP contribution is 2.29. The van der Waals surface area contributed by atoms with Gasteiger partial charge < -0.3 is 15.4 Å². The minimum absolute atomic E-state index is 0.0300. The highest BCUT2D eigenvalue weighted by molar-refractivity contribution is 7.90. The van der Waals surface area contributed by atoms with Gasteiger partial charge in [-0.2, -0.15) is 13.2 Å². The molecule has 0 saturated carbocycles. The molecule has 0 aliphatic heterocycles. The van der Waals surface area contributed by atoms with Crippen LogP contribution >= 0.6 is 0 Å². The molecule has 3 aromatic carbocycles. The minimum atomic E-state index is -5.14. The van der Waals surface area contributed by atoms with Crippen molar-refractivity contribution in [2.75, 3.05) is 12.4 Å². The number of nitrogens with zero attached hydrogens (tertiary/aromatic N) is 1. The summed E-state index contributed by atoms with van der Waals surface area (Å²) in [7, 11) is -2.54. The van der Waals surface area contributed by atoms with Crippen molar-refractivity contribution in [3.05, 3.63) is 114 Å².